The Labute approximate surface area is 127 Å². The van der Waals surface area contributed by atoms with Gasteiger partial charge in [0.2, 0.25) is 0 Å². The fourth-order valence-corrected chi connectivity index (χ4v) is 4.72. The predicted octanol–water partition coefficient (Wildman–Crippen LogP) is 5.16. The second-order valence-corrected chi connectivity index (χ2v) is 7.27. The first kappa shape index (κ1) is 13.3. The highest BCUT2D eigenvalue weighted by atomic mass is 16.3. The van der Waals surface area contributed by atoms with Crippen molar-refractivity contribution in [2.45, 2.75) is 57.0 Å². The Hall–Kier alpha value is -1.34. The summed E-state index contributed by atoms with van der Waals surface area (Å²) in [6.45, 7) is 0. The van der Waals surface area contributed by atoms with Crippen molar-refractivity contribution in [3.63, 3.8) is 0 Å². The van der Waals surface area contributed by atoms with Crippen LogP contribution in [0.5, 0.6) is 0 Å². The zero-order valence-corrected chi connectivity index (χ0v) is 12.6. The Morgan fingerprint density at radius 3 is 2.14 bits per heavy atom. The summed E-state index contributed by atoms with van der Waals surface area (Å²) in [4.78, 5) is 0. The molecule has 4 rings (SSSR count). The molecule has 2 aliphatic rings. The zero-order chi connectivity index (χ0) is 14.3. The summed E-state index contributed by atoms with van der Waals surface area (Å²) < 4.78 is 0. The van der Waals surface area contributed by atoms with Crippen LogP contribution in [0.25, 0.3) is 10.8 Å². The molecule has 0 unspecified atom stereocenters. The third kappa shape index (κ3) is 2.19. The molecule has 2 aromatic carbocycles. The molecule has 1 N–H and O–H groups in total. The molecule has 2 fully saturated rings. The molecule has 1 nitrogen and oxygen atoms in total. The van der Waals surface area contributed by atoms with Crippen LogP contribution in [0.3, 0.4) is 0 Å². The predicted molar refractivity (Wildman–Crippen MR) is 87.2 cm³/mol. The van der Waals surface area contributed by atoms with E-state index in [1.165, 1.54) is 49.3 Å². The molecule has 0 heterocycles. The summed E-state index contributed by atoms with van der Waals surface area (Å²) in [5.41, 5.74) is 1.10. The number of benzene rings is 2. The molecule has 0 atom stereocenters. The van der Waals surface area contributed by atoms with Crippen LogP contribution in [0.15, 0.2) is 42.5 Å². The van der Waals surface area contributed by atoms with Crippen molar-refractivity contribution in [3.8, 4) is 0 Å². The summed E-state index contributed by atoms with van der Waals surface area (Å²) in [7, 11) is 0. The van der Waals surface area contributed by atoms with Crippen LogP contribution in [-0.2, 0) is 5.60 Å². The molecule has 2 aromatic rings. The van der Waals surface area contributed by atoms with Gasteiger partial charge in [0.1, 0.15) is 0 Å². The minimum atomic E-state index is -0.616. The molecule has 0 radical (unpaired) electrons. The summed E-state index contributed by atoms with van der Waals surface area (Å²) in [5, 5.41) is 13.8. The standard InChI is InChI=1S/C20H24O/c21-20(14-12-19(13-15-20)10-3-4-11-19)18-9-5-7-16-6-1-2-8-17(16)18/h1-2,5-9,21H,3-4,10-15H2. The second kappa shape index (κ2) is 4.84. The number of aliphatic hydroxyl groups is 1. The van der Waals surface area contributed by atoms with E-state index in [1.54, 1.807) is 0 Å². The molecule has 0 saturated heterocycles. The lowest BCUT2D eigenvalue weighted by molar-refractivity contribution is -0.0364. The number of hydrogen-bond acceptors (Lipinski definition) is 1. The zero-order valence-electron chi connectivity index (χ0n) is 12.6. The highest BCUT2D eigenvalue weighted by Crippen LogP contribution is 2.54. The monoisotopic (exact) mass is 280 g/mol. The first-order valence-electron chi connectivity index (χ1n) is 8.42. The van der Waals surface area contributed by atoms with Crippen LogP contribution in [-0.4, -0.2) is 5.11 Å². The lowest BCUT2D eigenvalue weighted by atomic mass is 9.65. The fraction of sp³-hybridized carbons (Fsp3) is 0.500. The van der Waals surface area contributed by atoms with Crippen molar-refractivity contribution in [2.24, 2.45) is 5.41 Å². The van der Waals surface area contributed by atoms with Crippen molar-refractivity contribution >= 4 is 10.8 Å². The van der Waals surface area contributed by atoms with Crippen LogP contribution < -0.4 is 0 Å². The van der Waals surface area contributed by atoms with E-state index in [-0.39, 0.29) is 0 Å². The minimum absolute atomic E-state index is 0.566. The van der Waals surface area contributed by atoms with Gasteiger partial charge in [-0.15, -0.1) is 0 Å². The molecular weight excluding hydrogens is 256 g/mol. The van der Waals surface area contributed by atoms with Gasteiger partial charge in [0, 0.05) is 0 Å². The van der Waals surface area contributed by atoms with Gasteiger partial charge in [-0.1, -0.05) is 55.3 Å². The summed E-state index contributed by atoms with van der Waals surface area (Å²) >= 11 is 0. The van der Waals surface area contributed by atoms with Crippen LogP contribution in [0, 0.1) is 5.41 Å². The second-order valence-electron chi connectivity index (χ2n) is 7.27. The lowest BCUT2D eigenvalue weighted by Crippen LogP contribution is -2.36. The molecular formula is C20H24O. The average Bonchev–Trinajstić information content (AvgIpc) is 2.99. The first-order valence-corrected chi connectivity index (χ1v) is 8.42. The maximum absolute atomic E-state index is 11.3. The fourth-order valence-electron chi connectivity index (χ4n) is 4.72. The quantitative estimate of drug-likeness (QED) is 0.764. The van der Waals surface area contributed by atoms with Crippen molar-refractivity contribution < 1.29 is 5.11 Å². The van der Waals surface area contributed by atoms with Crippen molar-refractivity contribution in [3.05, 3.63) is 48.0 Å². The topological polar surface area (TPSA) is 20.2 Å². The normalized spacial score (nSPS) is 23.7. The van der Waals surface area contributed by atoms with Crippen molar-refractivity contribution in [1.82, 2.24) is 0 Å². The van der Waals surface area contributed by atoms with Gasteiger partial charge in [0.25, 0.3) is 0 Å². The Kier molecular flexibility index (Phi) is 3.08. The van der Waals surface area contributed by atoms with E-state index in [0.717, 1.165) is 18.4 Å². The van der Waals surface area contributed by atoms with E-state index >= 15 is 0 Å². The number of hydrogen-bond donors (Lipinski definition) is 1. The highest BCUT2D eigenvalue weighted by molar-refractivity contribution is 5.86. The van der Waals surface area contributed by atoms with Gasteiger partial charge in [-0.3, -0.25) is 0 Å². The van der Waals surface area contributed by atoms with Gasteiger partial charge in [-0.05, 0) is 60.3 Å². The van der Waals surface area contributed by atoms with Gasteiger partial charge in [0.05, 0.1) is 5.60 Å². The van der Waals surface area contributed by atoms with Crippen LogP contribution >= 0.6 is 0 Å². The van der Waals surface area contributed by atoms with Crippen LogP contribution in [0.1, 0.15) is 56.9 Å². The van der Waals surface area contributed by atoms with E-state index in [0.29, 0.717) is 5.41 Å². The van der Waals surface area contributed by atoms with Crippen LogP contribution in [0.2, 0.25) is 0 Å². The molecule has 21 heavy (non-hydrogen) atoms. The number of rotatable bonds is 1. The Balaban J connectivity index is 1.69. The van der Waals surface area contributed by atoms with E-state index < -0.39 is 5.60 Å². The third-order valence-electron chi connectivity index (χ3n) is 6.09. The van der Waals surface area contributed by atoms with Gasteiger partial charge in [0.15, 0.2) is 0 Å². The molecule has 2 saturated carbocycles. The smallest absolute Gasteiger partial charge is 0.0903 e. The van der Waals surface area contributed by atoms with Crippen molar-refractivity contribution in [2.75, 3.05) is 0 Å². The minimum Gasteiger partial charge on any atom is -0.385 e. The summed E-state index contributed by atoms with van der Waals surface area (Å²) in [5.74, 6) is 0. The lowest BCUT2D eigenvalue weighted by Gasteiger charge is -2.43. The van der Waals surface area contributed by atoms with Gasteiger partial charge >= 0.3 is 0 Å². The Bertz CT molecular complexity index is 636. The van der Waals surface area contributed by atoms with Crippen molar-refractivity contribution in [1.29, 1.82) is 0 Å². The molecule has 0 bridgehead atoms. The third-order valence-corrected chi connectivity index (χ3v) is 6.09. The Morgan fingerprint density at radius 1 is 0.714 bits per heavy atom. The van der Waals surface area contributed by atoms with Gasteiger partial charge < -0.3 is 5.11 Å². The largest absolute Gasteiger partial charge is 0.385 e. The summed E-state index contributed by atoms with van der Waals surface area (Å²) in [6.07, 6.45) is 9.83. The molecule has 110 valence electrons. The van der Waals surface area contributed by atoms with Gasteiger partial charge in [-0.2, -0.15) is 0 Å². The number of fused-ring (bicyclic) bond motifs is 1. The highest BCUT2D eigenvalue weighted by Gasteiger charge is 2.44. The van der Waals surface area contributed by atoms with Gasteiger partial charge in [-0.25, -0.2) is 0 Å². The first-order chi connectivity index (χ1) is 10.2. The molecule has 0 amide bonds. The molecule has 0 aromatic heterocycles. The average molecular weight is 280 g/mol. The maximum Gasteiger partial charge on any atom is 0.0903 e. The summed E-state index contributed by atoms with van der Waals surface area (Å²) in [6, 6.07) is 14.8. The molecule has 2 aliphatic carbocycles. The van der Waals surface area contributed by atoms with E-state index in [9.17, 15) is 5.11 Å². The van der Waals surface area contributed by atoms with E-state index in [4.69, 9.17) is 0 Å². The van der Waals surface area contributed by atoms with Crippen LogP contribution in [0.4, 0.5) is 0 Å². The van der Waals surface area contributed by atoms with E-state index in [2.05, 4.69) is 42.5 Å². The Morgan fingerprint density at radius 2 is 1.38 bits per heavy atom. The SMILES string of the molecule is OC1(c2cccc3ccccc23)CCC2(CCCC2)CC1. The van der Waals surface area contributed by atoms with E-state index in [1.807, 2.05) is 0 Å². The molecule has 1 heteroatoms. The molecule has 0 aliphatic heterocycles. The maximum atomic E-state index is 11.3. The molecule has 1 spiro atoms.